The summed E-state index contributed by atoms with van der Waals surface area (Å²) in [7, 11) is 0. The van der Waals surface area contributed by atoms with Crippen LogP contribution in [0.4, 0.5) is 5.69 Å². The SMILES string of the molecule is Cc1ccc(N)cc1C(=O)NCC1CCC(C)C1. The van der Waals surface area contributed by atoms with Crippen LogP contribution in [-0.2, 0) is 0 Å². The van der Waals surface area contributed by atoms with Crippen LogP contribution in [0.15, 0.2) is 18.2 Å². The molecule has 1 saturated carbocycles. The first-order valence-electron chi connectivity index (χ1n) is 6.70. The van der Waals surface area contributed by atoms with E-state index in [2.05, 4.69) is 12.2 Å². The fourth-order valence-corrected chi connectivity index (χ4v) is 2.73. The fraction of sp³-hybridized carbons (Fsp3) is 0.533. The maximum Gasteiger partial charge on any atom is 0.251 e. The summed E-state index contributed by atoms with van der Waals surface area (Å²) in [5.74, 6) is 1.45. The third-order valence-electron chi connectivity index (χ3n) is 3.86. The Hall–Kier alpha value is -1.51. The average molecular weight is 246 g/mol. The zero-order chi connectivity index (χ0) is 13.1. The minimum Gasteiger partial charge on any atom is -0.399 e. The molecule has 2 unspecified atom stereocenters. The van der Waals surface area contributed by atoms with Crippen molar-refractivity contribution in [1.29, 1.82) is 0 Å². The Morgan fingerprint density at radius 3 is 2.89 bits per heavy atom. The molecule has 1 aromatic rings. The molecule has 1 amide bonds. The van der Waals surface area contributed by atoms with E-state index >= 15 is 0 Å². The largest absolute Gasteiger partial charge is 0.399 e. The Kier molecular flexibility index (Phi) is 3.90. The van der Waals surface area contributed by atoms with Crippen LogP contribution < -0.4 is 11.1 Å². The van der Waals surface area contributed by atoms with Gasteiger partial charge < -0.3 is 11.1 Å². The van der Waals surface area contributed by atoms with Crippen molar-refractivity contribution in [3.05, 3.63) is 29.3 Å². The van der Waals surface area contributed by atoms with Gasteiger partial charge in [0.05, 0.1) is 0 Å². The van der Waals surface area contributed by atoms with E-state index in [-0.39, 0.29) is 5.91 Å². The summed E-state index contributed by atoms with van der Waals surface area (Å²) in [5, 5.41) is 3.04. The Bertz CT molecular complexity index is 442. The first kappa shape index (κ1) is 12.9. The zero-order valence-corrected chi connectivity index (χ0v) is 11.2. The van der Waals surface area contributed by atoms with Crippen LogP contribution in [0.5, 0.6) is 0 Å². The number of hydrogen-bond acceptors (Lipinski definition) is 2. The van der Waals surface area contributed by atoms with Crippen molar-refractivity contribution in [2.45, 2.75) is 33.1 Å². The molecular formula is C15H22N2O. The van der Waals surface area contributed by atoms with E-state index in [9.17, 15) is 4.79 Å². The topological polar surface area (TPSA) is 55.1 Å². The Balaban J connectivity index is 1.93. The number of benzene rings is 1. The van der Waals surface area contributed by atoms with Gasteiger partial charge in [0.2, 0.25) is 0 Å². The molecule has 1 aliphatic rings. The lowest BCUT2D eigenvalue weighted by molar-refractivity contribution is 0.0946. The molecule has 18 heavy (non-hydrogen) atoms. The van der Waals surface area contributed by atoms with Gasteiger partial charge in [-0.1, -0.05) is 19.4 Å². The summed E-state index contributed by atoms with van der Waals surface area (Å²) in [4.78, 5) is 12.1. The van der Waals surface area contributed by atoms with Crippen molar-refractivity contribution in [2.24, 2.45) is 11.8 Å². The van der Waals surface area contributed by atoms with Crippen LogP contribution in [0, 0.1) is 18.8 Å². The van der Waals surface area contributed by atoms with E-state index in [0.717, 1.165) is 18.0 Å². The van der Waals surface area contributed by atoms with Gasteiger partial charge in [-0.25, -0.2) is 0 Å². The second-order valence-corrected chi connectivity index (χ2v) is 5.57. The fourth-order valence-electron chi connectivity index (χ4n) is 2.73. The molecule has 0 spiro atoms. The molecule has 0 heterocycles. The van der Waals surface area contributed by atoms with Crippen LogP contribution in [0.25, 0.3) is 0 Å². The number of anilines is 1. The highest BCUT2D eigenvalue weighted by Gasteiger charge is 2.21. The summed E-state index contributed by atoms with van der Waals surface area (Å²) >= 11 is 0. The van der Waals surface area contributed by atoms with Gasteiger partial charge in [0, 0.05) is 17.8 Å². The lowest BCUT2D eigenvalue weighted by atomic mass is 10.0. The highest BCUT2D eigenvalue weighted by molar-refractivity contribution is 5.96. The van der Waals surface area contributed by atoms with Gasteiger partial charge in [-0.15, -0.1) is 0 Å². The Labute approximate surface area is 109 Å². The molecule has 98 valence electrons. The van der Waals surface area contributed by atoms with E-state index in [1.807, 2.05) is 19.1 Å². The van der Waals surface area contributed by atoms with E-state index in [1.54, 1.807) is 6.07 Å². The lowest BCUT2D eigenvalue weighted by Crippen LogP contribution is -2.29. The number of nitrogen functional groups attached to an aromatic ring is 1. The number of aryl methyl sites for hydroxylation is 1. The minimum atomic E-state index is -0.000599. The van der Waals surface area contributed by atoms with Gasteiger partial charge in [0.25, 0.3) is 5.91 Å². The van der Waals surface area contributed by atoms with Crippen molar-refractivity contribution in [3.63, 3.8) is 0 Å². The van der Waals surface area contributed by atoms with E-state index < -0.39 is 0 Å². The summed E-state index contributed by atoms with van der Waals surface area (Å²) < 4.78 is 0. The molecule has 1 fully saturated rings. The van der Waals surface area contributed by atoms with Crippen LogP contribution in [-0.4, -0.2) is 12.5 Å². The lowest BCUT2D eigenvalue weighted by Gasteiger charge is -2.12. The van der Waals surface area contributed by atoms with Crippen LogP contribution in [0.3, 0.4) is 0 Å². The molecular weight excluding hydrogens is 224 g/mol. The first-order chi connectivity index (χ1) is 8.56. The summed E-state index contributed by atoms with van der Waals surface area (Å²) in [6.45, 7) is 5.01. The molecule has 3 heteroatoms. The third kappa shape index (κ3) is 3.03. The summed E-state index contributed by atoms with van der Waals surface area (Å²) in [6.07, 6.45) is 3.76. The maximum atomic E-state index is 12.1. The monoisotopic (exact) mass is 246 g/mol. The van der Waals surface area contributed by atoms with Crippen LogP contribution >= 0.6 is 0 Å². The zero-order valence-electron chi connectivity index (χ0n) is 11.2. The molecule has 0 bridgehead atoms. The van der Waals surface area contributed by atoms with Crippen molar-refractivity contribution >= 4 is 11.6 Å². The number of carbonyl (C=O) groups excluding carboxylic acids is 1. The number of nitrogens with two attached hydrogens (primary N) is 1. The first-order valence-corrected chi connectivity index (χ1v) is 6.70. The minimum absolute atomic E-state index is 0.000599. The Morgan fingerprint density at radius 2 is 2.22 bits per heavy atom. The number of hydrogen-bond donors (Lipinski definition) is 2. The number of rotatable bonds is 3. The standard InChI is InChI=1S/C15H22N2O/c1-10-3-5-12(7-10)9-17-15(18)14-8-13(16)6-4-11(14)2/h4,6,8,10,12H,3,5,7,9,16H2,1-2H3,(H,17,18). The third-order valence-corrected chi connectivity index (χ3v) is 3.86. The van der Waals surface area contributed by atoms with Crippen molar-refractivity contribution in [2.75, 3.05) is 12.3 Å². The van der Waals surface area contributed by atoms with Gasteiger partial charge in [0.15, 0.2) is 0 Å². The van der Waals surface area contributed by atoms with Crippen molar-refractivity contribution in [1.82, 2.24) is 5.32 Å². The van der Waals surface area contributed by atoms with Gasteiger partial charge in [-0.3, -0.25) is 4.79 Å². The maximum absolute atomic E-state index is 12.1. The summed E-state index contributed by atoms with van der Waals surface area (Å²) in [6, 6.07) is 5.47. The van der Waals surface area contributed by atoms with E-state index in [0.29, 0.717) is 17.2 Å². The number of amides is 1. The normalized spacial score (nSPS) is 23.0. The molecule has 0 aromatic heterocycles. The van der Waals surface area contributed by atoms with Gasteiger partial charge >= 0.3 is 0 Å². The average Bonchev–Trinajstić information content (AvgIpc) is 2.75. The molecule has 3 N–H and O–H groups in total. The van der Waals surface area contributed by atoms with Crippen LogP contribution in [0.1, 0.15) is 42.1 Å². The molecule has 2 rings (SSSR count). The predicted molar refractivity (Wildman–Crippen MR) is 74.4 cm³/mol. The number of nitrogens with one attached hydrogen (secondary N) is 1. The predicted octanol–water partition coefficient (Wildman–Crippen LogP) is 2.74. The van der Waals surface area contributed by atoms with E-state index in [4.69, 9.17) is 5.73 Å². The smallest absolute Gasteiger partial charge is 0.251 e. The van der Waals surface area contributed by atoms with E-state index in [1.165, 1.54) is 19.3 Å². The molecule has 1 aromatic carbocycles. The molecule has 0 radical (unpaired) electrons. The van der Waals surface area contributed by atoms with Crippen molar-refractivity contribution in [3.8, 4) is 0 Å². The van der Waals surface area contributed by atoms with Gasteiger partial charge in [-0.2, -0.15) is 0 Å². The van der Waals surface area contributed by atoms with Gasteiger partial charge in [-0.05, 0) is 49.3 Å². The molecule has 2 atom stereocenters. The molecule has 1 aliphatic carbocycles. The molecule has 0 aliphatic heterocycles. The summed E-state index contributed by atoms with van der Waals surface area (Å²) in [5.41, 5.74) is 8.03. The van der Waals surface area contributed by atoms with Crippen LogP contribution in [0.2, 0.25) is 0 Å². The molecule has 3 nitrogen and oxygen atoms in total. The number of carbonyl (C=O) groups is 1. The second kappa shape index (κ2) is 5.42. The highest BCUT2D eigenvalue weighted by Crippen LogP contribution is 2.29. The van der Waals surface area contributed by atoms with Gasteiger partial charge in [0.1, 0.15) is 0 Å². The quantitative estimate of drug-likeness (QED) is 0.806. The van der Waals surface area contributed by atoms with Crippen molar-refractivity contribution < 1.29 is 4.79 Å². The highest BCUT2D eigenvalue weighted by atomic mass is 16.1. The molecule has 0 saturated heterocycles. The second-order valence-electron chi connectivity index (χ2n) is 5.57. The Morgan fingerprint density at radius 1 is 1.44 bits per heavy atom.